The number of fused-ring (bicyclic) bond motifs is 1. The zero-order chi connectivity index (χ0) is 28.2. The molecule has 1 fully saturated rings. The van der Waals surface area contributed by atoms with E-state index < -0.39 is 17.8 Å². The summed E-state index contributed by atoms with van der Waals surface area (Å²) in [6, 6.07) is 9.04. The van der Waals surface area contributed by atoms with Crippen molar-refractivity contribution in [1.29, 1.82) is 0 Å². The van der Waals surface area contributed by atoms with Crippen molar-refractivity contribution in [3.8, 4) is 0 Å². The third-order valence-corrected chi connectivity index (χ3v) is 7.60. The molecule has 0 amide bonds. The minimum absolute atomic E-state index is 0.0622. The maximum atomic E-state index is 14.8. The number of anilines is 1. The first-order valence-corrected chi connectivity index (χ1v) is 14.1. The molecule has 9 heteroatoms. The number of carbonyl (C=O) groups excluding carboxylic acids is 1. The largest absolute Gasteiger partial charge is 0.481 e. The predicted molar refractivity (Wildman–Crippen MR) is 150 cm³/mol. The van der Waals surface area contributed by atoms with Gasteiger partial charge >= 0.3 is 11.9 Å². The molecule has 0 radical (unpaired) electrons. The second kappa shape index (κ2) is 15.6. The van der Waals surface area contributed by atoms with E-state index in [4.69, 9.17) is 21.8 Å². The van der Waals surface area contributed by atoms with Crippen LogP contribution in [0, 0.1) is 11.7 Å². The Morgan fingerprint density at radius 1 is 0.949 bits per heavy atom. The Labute approximate surface area is 234 Å². The van der Waals surface area contributed by atoms with E-state index in [2.05, 4.69) is 16.7 Å². The van der Waals surface area contributed by atoms with Crippen LogP contribution in [0.25, 0.3) is 0 Å². The summed E-state index contributed by atoms with van der Waals surface area (Å²) < 4.78 is 14.8. The molecule has 212 valence electrons. The Morgan fingerprint density at radius 2 is 1.62 bits per heavy atom. The van der Waals surface area contributed by atoms with Crippen molar-refractivity contribution in [1.82, 2.24) is 5.32 Å². The van der Waals surface area contributed by atoms with Crippen LogP contribution in [0.1, 0.15) is 84.8 Å². The van der Waals surface area contributed by atoms with Gasteiger partial charge in [0.2, 0.25) is 0 Å². The first-order chi connectivity index (χ1) is 18.7. The van der Waals surface area contributed by atoms with Gasteiger partial charge in [0.1, 0.15) is 5.82 Å². The zero-order valence-corrected chi connectivity index (χ0v) is 23.0. The van der Waals surface area contributed by atoms with Gasteiger partial charge in [0.05, 0.1) is 29.1 Å². The number of Topliss-reactive ketones (excluding diaryl/α,β-unsaturated/α-hetero) is 1. The van der Waals surface area contributed by atoms with E-state index in [0.717, 1.165) is 50.0 Å². The monoisotopic (exact) mass is 560 g/mol. The van der Waals surface area contributed by atoms with Gasteiger partial charge in [-0.05, 0) is 66.7 Å². The summed E-state index contributed by atoms with van der Waals surface area (Å²) in [6.07, 6.45) is 8.84. The lowest BCUT2D eigenvalue weighted by molar-refractivity contribution is -0.143. The van der Waals surface area contributed by atoms with Gasteiger partial charge in [-0.1, -0.05) is 62.3 Å². The lowest BCUT2D eigenvalue weighted by atomic mass is 9.91. The summed E-state index contributed by atoms with van der Waals surface area (Å²) in [6.45, 7) is 2.36. The Kier molecular flexibility index (Phi) is 12.2. The molecule has 39 heavy (non-hydrogen) atoms. The first kappa shape index (κ1) is 30.6. The lowest BCUT2D eigenvalue weighted by Crippen LogP contribution is -2.16. The van der Waals surface area contributed by atoms with Gasteiger partial charge in [-0.15, -0.1) is 0 Å². The van der Waals surface area contributed by atoms with Crippen molar-refractivity contribution in [3.05, 3.63) is 63.4 Å². The molecule has 4 N–H and O–H groups in total. The fraction of sp³-hybridized carbons (Fsp3) is 0.500. The molecule has 4 rings (SSSR count). The number of carboxylic acid groups (broad SMARTS) is 2. The van der Waals surface area contributed by atoms with Crippen LogP contribution < -0.4 is 10.6 Å². The van der Waals surface area contributed by atoms with Crippen molar-refractivity contribution in [2.24, 2.45) is 5.92 Å². The maximum Gasteiger partial charge on any atom is 0.303 e. The van der Waals surface area contributed by atoms with Crippen LogP contribution in [-0.4, -0.2) is 41.0 Å². The highest BCUT2D eigenvalue weighted by Crippen LogP contribution is 2.31. The Bertz CT molecular complexity index is 1130. The van der Waals surface area contributed by atoms with Gasteiger partial charge < -0.3 is 20.8 Å². The summed E-state index contributed by atoms with van der Waals surface area (Å²) in [5, 5.41) is 23.3. The number of hydrogen-bond donors (Lipinski definition) is 4. The van der Waals surface area contributed by atoms with Gasteiger partial charge in [0.15, 0.2) is 5.78 Å². The second-order valence-corrected chi connectivity index (χ2v) is 10.7. The quantitative estimate of drug-likeness (QED) is 0.211. The van der Waals surface area contributed by atoms with Gasteiger partial charge in [0, 0.05) is 13.0 Å². The molecular formula is C30H38ClFN2O5. The topological polar surface area (TPSA) is 116 Å². The Morgan fingerprint density at radius 3 is 2.26 bits per heavy atom. The number of nitrogens with one attached hydrogen (secondary N) is 2. The van der Waals surface area contributed by atoms with Crippen LogP contribution in [0.15, 0.2) is 30.3 Å². The van der Waals surface area contributed by atoms with Crippen LogP contribution in [0.4, 0.5) is 10.1 Å². The van der Waals surface area contributed by atoms with E-state index in [1.165, 1.54) is 42.9 Å². The molecule has 1 aliphatic heterocycles. The van der Waals surface area contributed by atoms with E-state index in [9.17, 15) is 18.8 Å². The number of benzene rings is 2. The number of hydrogen-bond acceptors (Lipinski definition) is 5. The minimum Gasteiger partial charge on any atom is -0.481 e. The van der Waals surface area contributed by atoms with E-state index in [1.807, 2.05) is 12.1 Å². The first-order valence-electron chi connectivity index (χ1n) is 13.7. The minimum atomic E-state index is -1.08. The summed E-state index contributed by atoms with van der Waals surface area (Å²) in [5.41, 5.74) is 4.53. The third-order valence-electron chi connectivity index (χ3n) is 7.29. The summed E-state index contributed by atoms with van der Waals surface area (Å²) in [4.78, 5) is 32.0. The van der Waals surface area contributed by atoms with Gasteiger partial charge in [0.25, 0.3) is 0 Å². The zero-order valence-electron chi connectivity index (χ0n) is 22.2. The summed E-state index contributed by atoms with van der Waals surface area (Å²) in [7, 11) is 0. The van der Waals surface area contributed by atoms with Crippen LogP contribution in [0.2, 0.25) is 5.02 Å². The summed E-state index contributed by atoms with van der Waals surface area (Å²) >= 11 is 6.48. The molecule has 2 aromatic carbocycles. The van der Waals surface area contributed by atoms with Gasteiger partial charge in [-0.3, -0.25) is 14.4 Å². The molecule has 1 heterocycles. The van der Waals surface area contributed by atoms with Crippen molar-refractivity contribution < 1.29 is 29.0 Å². The molecule has 0 saturated heterocycles. The predicted octanol–water partition coefficient (Wildman–Crippen LogP) is 6.26. The Balaban J connectivity index is 0.000000459. The fourth-order valence-electron chi connectivity index (χ4n) is 5.17. The van der Waals surface area contributed by atoms with Crippen molar-refractivity contribution in [2.75, 3.05) is 18.4 Å². The van der Waals surface area contributed by atoms with Crippen LogP contribution in [0.3, 0.4) is 0 Å². The standard InChI is InChI=1S/C26H32ClFN2O.C4H6O4/c27-23-10-8-20-11-13-29-14-12-21(20)26(23)30-17-19-7-9-22(24(28)15-19)25(31)16-18-5-3-1-2-4-6-18;5-3(6)1-2-4(7)8/h7-10,15,18,29-30H,1-6,11-14,16-17H2;1-2H2,(H,5,6)(H,7,8). The third kappa shape index (κ3) is 9.93. The van der Waals surface area contributed by atoms with Gasteiger partial charge in [-0.25, -0.2) is 4.39 Å². The van der Waals surface area contributed by atoms with Gasteiger partial charge in [-0.2, -0.15) is 0 Å². The van der Waals surface area contributed by atoms with E-state index in [0.29, 0.717) is 23.9 Å². The molecule has 0 atom stereocenters. The second-order valence-electron chi connectivity index (χ2n) is 10.3. The number of carbonyl (C=O) groups is 3. The average molecular weight is 561 g/mol. The van der Waals surface area contributed by atoms with Crippen molar-refractivity contribution >= 4 is 35.0 Å². The highest BCUT2D eigenvalue weighted by atomic mass is 35.5. The number of halogens is 2. The molecule has 1 aliphatic carbocycles. The molecule has 0 bridgehead atoms. The maximum absolute atomic E-state index is 14.8. The fourth-order valence-corrected chi connectivity index (χ4v) is 5.42. The SMILES string of the molecule is O=C(CC1CCCCCC1)c1ccc(CNc2c(Cl)ccc3c2CCNCC3)cc1F.O=C(O)CCC(=O)O. The lowest BCUT2D eigenvalue weighted by Gasteiger charge is -2.17. The molecule has 2 aromatic rings. The molecule has 1 saturated carbocycles. The molecule has 0 unspecified atom stereocenters. The number of rotatable bonds is 9. The van der Waals surface area contributed by atoms with E-state index >= 15 is 0 Å². The molecule has 7 nitrogen and oxygen atoms in total. The molecule has 0 aromatic heterocycles. The van der Waals surface area contributed by atoms with Crippen molar-refractivity contribution in [2.45, 2.75) is 77.2 Å². The number of aliphatic carboxylic acids is 2. The Hall–Kier alpha value is -2.97. The van der Waals surface area contributed by atoms with Crippen LogP contribution >= 0.6 is 11.6 Å². The summed E-state index contributed by atoms with van der Waals surface area (Å²) in [5.74, 6) is -2.23. The number of carboxylic acids is 2. The number of ketones is 1. The highest BCUT2D eigenvalue weighted by molar-refractivity contribution is 6.33. The van der Waals surface area contributed by atoms with E-state index in [-0.39, 0.29) is 24.2 Å². The molecule has 0 spiro atoms. The van der Waals surface area contributed by atoms with Crippen LogP contribution in [-0.2, 0) is 29.0 Å². The normalized spacial score (nSPS) is 15.6. The van der Waals surface area contributed by atoms with Crippen LogP contribution in [0.5, 0.6) is 0 Å². The molecule has 2 aliphatic rings. The smallest absolute Gasteiger partial charge is 0.303 e. The highest BCUT2D eigenvalue weighted by Gasteiger charge is 2.20. The van der Waals surface area contributed by atoms with E-state index in [1.54, 1.807) is 6.07 Å². The van der Waals surface area contributed by atoms with Crippen molar-refractivity contribution in [3.63, 3.8) is 0 Å². The molecular weight excluding hydrogens is 523 g/mol. The average Bonchev–Trinajstić information content (AvgIpc) is 3.30.